The van der Waals surface area contributed by atoms with Gasteiger partial charge in [0, 0.05) is 18.3 Å². The van der Waals surface area contributed by atoms with Crippen molar-refractivity contribution in [2.75, 3.05) is 38.2 Å². The molecule has 1 aromatic carbocycles. The maximum absolute atomic E-state index is 12.8. The zero-order valence-corrected chi connectivity index (χ0v) is 17.6. The first-order valence-corrected chi connectivity index (χ1v) is 12.0. The van der Waals surface area contributed by atoms with Crippen LogP contribution < -0.4 is 9.46 Å². The van der Waals surface area contributed by atoms with Gasteiger partial charge in [0.2, 0.25) is 10.0 Å². The fourth-order valence-corrected chi connectivity index (χ4v) is 6.37. The van der Waals surface area contributed by atoms with Crippen LogP contribution in [0.4, 0.5) is 0 Å². The lowest BCUT2D eigenvalue weighted by molar-refractivity contribution is 0.145. The number of piperidine rings is 1. The molecule has 1 atom stereocenters. The second kappa shape index (κ2) is 8.50. The molecule has 0 spiro atoms. The van der Waals surface area contributed by atoms with E-state index in [0.29, 0.717) is 18.2 Å². The highest BCUT2D eigenvalue weighted by Gasteiger charge is 2.28. The van der Waals surface area contributed by atoms with Crippen molar-refractivity contribution < 1.29 is 13.2 Å². The smallest absolute Gasteiger partial charge is 0.244 e. The van der Waals surface area contributed by atoms with Crippen LogP contribution in [0, 0.1) is 19.8 Å². The first-order valence-electron chi connectivity index (χ1n) is 9.37. The molecule has 146 valence electrons. The number of thioether (sulfide) groups is 1. The number of hydrogen-bond acceptors (Lipinski definition) is 5. The fourth-order valence-electron chi connectivity index (χ4n) is 3.77. The van der Waals surface area contributed by atoms with E-state index < -0.39 is 10.0 Å². The Morgan fingerprint density at radius 1 is 1.19 bits per heavy atom. The van der Waals surface area contributed by atoms with Gasteiger partial charge in [-0.25, -0.2) is 13.1 Å². The summed E-state index contributed by atoms with van der Waals surface area (Å²) in [7, 11) is -2.05. The summed E-state index contributed by atoms with van der Waals surface area (Å²) >= 11 is 2.05. The number of likely N-dealkylation sites (tertiary alicyclic amines) is 1. The zero-order chi connectivity index (χ0) is 18.7. The van der Waals surface area contributed by atoms with Crippen LogP contribution in [0.15, 0.2) is 17.0 Å². The van der Waals surface area contributed by atoms with Gasteiger partial charge in [-0.15, -0.1) is 0 Å². The predicted octanol–water partition coefficient (Wildman–Crippen LogP) is 2.81. The Morgan fingerprint density at radius 3 is 2.50 bits per heavy atom. The molecule has 2 aliphatic heterocycles. The van der Waals surface area contributed by atoms with Crippen LogP contribution in [0.5, 0.6) is 5.75 Å². The maximum Gasteiger partial charge on any atom is 0.244 e. The van der Waals surface area contributed by atoms with Crippen molar-refractivity contribution in [3.8, 4) is 5.75 Å². The molecule has 0 bridgehead atoms. The van der Waals surface area contributed by atoms with Crippen molar-refractivity contribution in [2.24, 2.45) is 5.92 Å². The van der Waals surface area contributed by atoms with Gasteiger partial charge in [0.15, 0.2) is 0 Å². The minimum absolute atomic E-state index is 0.239. The Hall–Kier alpha value is -0.760. The van der Waals surface area contributed by atoms with E-state index >= 15 is 0 Å². The monoisotopic (exact) mass is 398 g/mol. The van der Waals surface area contributed by atoms with Gasteiger partial charge in [0.1, 0.15) is 10.6 Å². The predicted molar refractivity (Wildman–Crippen MR) is 108 cm³/mol. The number of ether oxygens (including phenoxy) is 1. The highest BCUT2D eigenvalue weighted by Crippen LogP contribution is 2.29. The third-order valence-corrected chi connectivity index (χ3v) is 8.29. The Kier molecular flexibility index (Phi) is 6.54. The number of sulfonamides is 1. The number of nitrogens with zero attached hydrogens (tertiary/aromatic N) is 1. The molecule has 1 aromatic rings. The van der Waals surface area contributed by atoms with Gasteiger partial charge < -0.3 is 4.74 Å². The van der Waals surface area contributed by atoms with Gasteiger partial charge in [0.05, 0.1) is 7.11 Å². The topological polar surface area (TPSA) is 58.6 Å². The molecule has 0 aliphatic carbocycles. The summed E-state index contributed by atoms with van der Waals surface area (Å²) in [4.78, 5) is 2.83. The molecule has 0 amide bonds. The molecular weight excluding hydrogens is 368 g/mol. The van der Waals surface area contributed by atoms with E-state index in [1.165, 1.54) is 25.0 Å². The number of rotatable bonds is 6. The molecule has 2 fully saturated rings. The normalized spacial score (nSPS) is 22.7. The van der Waals surface area contributed by atoms with E-state index in [4.69, 9.17) is 4.74 Å². The van der Waals surface area contributed by atoms with Crippen molar-refractivity contribution in [3.63, 3.8) is 0 Å². The van der Waals surface area contributed by atoms with Gasteiger partial charge in [-0.1, -0.05) is 0 Å². The fraction of sp³-hybridized carbons (Fsp3) is 0.684. The number of methoxy groups -OCH3 is 1. The molecular formula is C19H30N2O3S2. The van der Waals surface area contributed by atoms with Crippen molar-refractivity contribution in [1.82, 2.24) is 9.62 Å². The quantitative estimate of drug-likeness (QED) is 0.798. The summed E-state index contributed by atoms with van der Waals surface area (Å²) in [6.07, 6.45) is 3.43. The average molecular weight is 399 g/mol. The summed E-state index contributed by atoms with van der Waals surface area (Å²) in [6.45, 7) is 6.56. The number of nitrogens with one attached hydrogen (secondary N) is 1. The van der Waals surface area contributed by atoms with Crippen LogP contribution in [0.3, 0.4) is 0 Å². The number of aryl methyl sites for hydroxylation is 2. The van der Waals surface area contributed by atoms with E-state index in [1.807, 2.05) is 25.6 Å². The summed E-state index contributed by atoms with van der Waals surface area (Å²) in [6, 6.07) is 4.23. The Bertz CT molecular complexity index is 723. The Morgan fingerprint density at radius 2 is 1.88 bits per heavy atom. The minimum Gasteiger partial charge on any atom is -0.495 e. The molecule has 0 aromatic heterocycles. The lowest BCUT2D eigenvalue weighted by Crippen LogP contribution is -2.43. The van der Waals surface area contributed by atoms with Gasteiger partial charge in [0.25, 0.3) is 0 Å². The molecule has 2 heterocycles. The molecule has 26 heavy (non-hydrogen) atoms. The largest absolute Gasteiger partial charge is 0.495 e. The summed E-state index contributed by atoms with van der Waals surface area (Å²) < 4.78 is 33.7. The maximum atomic E-state index is 12.8. The van der Waals surface area contributed by atoms with Crippen molar-refractivity contribution in [2.45, 2.75) is 44.0 Å². The van der Waals surface area contributed by atoms with E-state index in [0.717, 1.165) is 43.1 Å². The molecule has 1 N–H and O–H groups in total. The third kappa shape index (κ3) is 4.55. The Balaban J connectivity index is 1.58. The second-order valence-electron chi connectivity index (χ2n) is 7.44. The van der Waals surface area contributed by atoms with Gasteiger partial charge in [-0.3, -0.25) is 4.90 Å². The molecule has 7 heteroatoms. The van der Waals surface area contributed by atoms with E-state index in [9.17, 15) is 8.42 Å². The van der Waals surface area contributed by atoms with Crippen molar-refractivity contribution in [3.05, 3.63) is 23.3 Å². The van der Waals surface area contributed by atoms with E-state index in [2.05, 4.69) is 9.62 Å². The molecule has 3 rings (SSSR count). The second-order valence-corrected chi connectivity index (χ2v) is 10.3. The highest BCUT2D eigenvalue weighted by atomic mass is 32.2. The molecule has 2 aliphatic rings. The van der Waals surface area contributed by atoms with Crippen molar-refractivity contribution in [1.29, 1.82) is 0 Å². The zero-order valence-electron chi connectivity index (χ0n) is 16.0. The van der Waals surface area contributed by atoms with Crippen LogP contribution >= 0.6 is 11.8 Å². The summed E-state index contributed by atoms with van der Waals surface area (Å²) in [5.74, 6) is 3.35. The number of benzene rings is 1. The minimum atomic E-state index is -3.56. The SMILES string of the molecule is COc1cc(C)c(C)cc1S(=O)(=O)NCC1CCN([C@H]2CCSC2)CC1. The third-order valence-electron chi connectivity index (χ3n) is 5.70. The molecule has 0 unspecified atom stereocenters. The molecule has 0 saturated carbocycles. The molecule has 2 saturated heterocycles. The van der Waals surface area contributed by atoms with Gasteiger partial charge >= 0.3 is 0 Å². The van der Waals surface area contributed by atoms with Gasteiger partial charge in [-0.05, 0) is 81.1 Å². The Labute approximate surface area is 161 Å². The van der Waals surface area contributed by atoms with Crippen LogP contribution in [0.25, 0.3) is 0 Å². The molecule has 5 nitrogen and oxygen atoms in total. The first kappa shape index (κ1) is 20.0. The molecule has 0 radical (unpaired) electrons. The van der Waals surface area contributed by atoms with Crippen LogP contribution in [-0.4, -0.2) is 57.6 Å². The highest BCUT2D eigenvalue weighted by molar-refractivity contribution is 7.99. The van der Waals surface area contributed by atoms with Crippen LogP contribution in [-0.2, 0) is 10.0 Å². The lowest BCUT2D eigenvalue weighted by atomic mass is 9.96. The van der Waals surface area contributed by atoms with Crippen molar-refractivity contribution >= 4 is 21.8 Å². The van der Waals surface area contributed by atoms with Gasteiger partial charge in [-0.2, -0.15) is 11.8 Å². The van der Waals surface area contributed by atoms with Crippen LogP contribution in [0.2, 0.25) is 0 Å². The lowest BCUT2D eigenvalue weighted by Gasteiger charge is -2.35. The summed E-state index contributed by atoms with van der Waals surface area (Å²) in [5.41, 5.74) is 1.98. The standard InChI is InChI=1S/C19H30N2O3S2/c1-14-10-18(24-3)19(11-15(14)2)26(22,23)20-12-16-4-7-21(8-5-16)17-6-9-25-13-17/h10-11,16-17,20H,4-9,12-13H2,1-3H3/t17-/m0/s1. The van der Waals surface area contributed by atoms with E-state index in [1.54, 1.807) is 12.1 Å². The average Bonchev–Trinajstić information content (AvgIpc) is 3.17. The number of hydrogen-bond donors (Lipinski definition) is 1. The van der Waals surface area contributed by atoms with E-state index in [-0.39, 0.29) is 4.90 Å². The van der Waals surface area contributed by atoms with Crippen LogP contribution in [0.1, 0.15) is 30.4 Å². The summed E-state index contributed by atoms with van der Waals surface area (Å²) in [5, 5.41) is 0. The first-order chi connectivity index (χ1) is 12.4.